The molecule has 0 atom stereocenters. The highest BCUT2D eigenvalue weighted by Crippen LogP contribution is 2.14. The van der Waals surface area contributed by atoms with Crippen LogP contribution in [0.3, 0.4) is 0 Å². The van der Waals surface area contributed by atoms with Crippen molar-refractivity contribution in [1.29, 1.82) is 0 Å². The van der Waals surface area contributed by atoms with E-state index in [1.165, 1.54) is 4.57 Å². The van der Waals surface area contributed by atoms with Gasteiger partial charge in [-0.05, 0) is 25.1 Å². The molecule has 0 aliphatic heterocycles. The Balaban J connectivity index is 1.95. The Morgan fingerprint density at radius 3 is 2.91 bits per heavy atom. The molecule has 0 radical (unpaired) electrons. The van der Waals surface area contributed by atoms with Gasteiger partial charge in [0.2, 0.25) is 11.7 Å². The second-order valence-corrected chi connectivity index (χ2v) is 4.47. The first-order valence-electron chi connectivity index (χ1n) is 6.84. The minimum absolute atomic E-state index is 0.231. The summed E-state index contributed by atoms with van der Waals surface area (Å²) in [6.07, 6.45) is 1.63. The van der Waals surface area contributed by atoms with Crippen molar-refractivity contribution < 1.29 is 9.26 Å². The van der Waals surface area contributed by atoms with Crippen molar-refractivity contribution in [3.8, 4) is 17.4 Å². The minimum atomic E-state index is -0.552. The average molecular weight is 298 g/mol. The number of pyridine rings is 2. The summed E-state index contributed by atoms with van der Waals surface area (Å²) in [5, 5.41) is 3.79. The third-order valence-electron chi connectivity index (χ3n) is 2.97. The smallest absolute Gasteiger partial charge is 0.442 e. The van der Waals surface area contributed by atoms with Crippen LogP contribution in [0.1, 0.15) is 12.6 Å². The fourth-order valence-corrected chi connectivity index (χ4v) is 2.02. The van der Waals surface area contributed by atoms with Crippen LogP contribution in [0.5, 0.6) is 5.88 Å². The van der Waals surface area contributed by atoms with Crippen LogP contribution in [0.25, 0.3) is 11.5 Å². The summed E-state index contributed by atoms with van der Waals surface area (Å²) < 4.78 is 11.5. The van der Waals surface area contributed by atoms with E-state index >= 15 is 0 Å². The van der Waals surface area contributed by atoms with Gasteiger partial charge in [-0.15, -0.1) is 0 Å². The van der Waals surface area contributed by atoms with Crippen LogP contribution >= 0.6 is 0 Å². The lowest BCUT2D eigenvalue weighted by atomic mass is 10.3. The predicted octanol–water partition coefficient (Wildman–Crippen LogP) is 1.74. The third-order valence-corrected chi connectivity index (χ3v) is 2.97. The Morgan fingerprint density at radius 1 is 1.23 bits per heavy atom. The van der Waals surface area contributed by atoms with E-state index in [0.717, 1.165) is 0 Å². The number of hydrogen-bond donors (Lipinski definition) is 0. The molecule has 3 heterocycles. The van der Waals surface area contributed by atoms with Gasteiger partial charge >= 0.3 is 5.76 Å². The summed E-state index contributed by atoms with van der Waals surface area (Å²) in [4.78, 5) is 20.4. The van der Waals surface area contributed by atoms with E-state index in [2.05, 4.69) is 15.1 Å². The molecule has 0 saturated carbocycles. The monoisotopic (exact) mass is 298 g/mol. The van der Waals surface area contributed by atoms with E-state index in [1.54, 1.807) is 24.4 Å². The van der Waals surface area contributed by atoms with E-state index in [1.807, 2.05) is 25.1 Å². The normalized spacial score (nSPS) is 10.6. The van der Waals surface area contributed by atoms with Crippen LogP contribution in [0, 0.1) is 0 Å². The minimum Gasteiger partial charge on any atom is -0.478 e. The van der Waals surface area contributed by atoms with Gasteiger partial charge in [-0.2, -0.15) is 0 Å². The molecule has 3 rings (SSSR count). The van der Waals surface area contributed by atoms with Gasteiger partial charge in [0.1, 0.15) is 5.69 Å². The molecule has 0 unspecified atom stereocenters. The topological polar surface area (TPSA) is 83.0 Å². The lowest BCUT2D eigenvalue weighted by molar-refractivity contribution is 0.325. The lowest BCUT2D eigenvalue weighted by Crippen LogP contribution is -2.17. The van der Waals surface area contributed by atoms with Crippen LogP contribution in [0.15, 0.2) is 51.9 Å². The zero-order valence-corrected chi connectivity index (χ0v) is 12.0. The van der Waals surface area contributed by atoms with E-state index in [-0.39, 0.29) is 6.54 Å². The Hall–Kier alpha value is -2.96. The molecule has 0 spiro atoms. The fourth-order valence-electron chi connectivity index (χ4n) is 2.02. The standard InChI is InChI=1S/C15H14N4O3/c1-2-21-13-8-5-6-11(17-13)10-19-14(18-22-15(19)20)12-7-3-4-9-16-12/h3-9H,2,10H2,1H3. The van der Waals surface area contributed by atoms with Crippen LogP contribution in [-0.4, -0.2) is 26.3 Å². The zero-order valence-electron chi connectivity index (χ0n) is 12.0. The van der Waals surface area contributed by atoms with Gasteiger partial charge < -0.3 is 4.74 Å². The maximum absolute atomic E-state index is 11.9. The van der Waals surface area contributed by atoms with E-state index in [9.17, 15) is 4.79 Å². The van der Waals surface area contributed by atoms with Crippen molar-refractivity contribution in [2.45, 2.75) is 13.5 Å². The number of ether oxygens (including phenoxy) is 1. The molecule has 0 aliphatic rings. The Kier molecular flexibility index (Phi) is 3.95. The summed E-state index contributed by atoms with van der Waals surface area (Å²) >= 11 is 0. The maximum atomic E-state index is 11.9. The van der Waals surface area contributed by atoms with Crippen molar-refractivity contribution >= 4 is 0 Å². The SMILES string of the molecule is CCOc1cccc(Cn2c(-c3ccccn3)noc2=O)n1. The zero-order chi connectivity index (χ0) is 15.4. The quantitative estimate of drug-likeness (QED) is 0.713. The van der Waals surface area contributed by atoms with Crippen molar-refractivity contribution in [3.05, 3.63) is 58.8 Å². The summed E-state index contributed by atoms with van der Waals surface area (Å²) in [5.74, 6) is 0.336. The number of aromatic nitrogens is 4. The predicted molar refractivity (Wildman–Crippen MR) is 78.5 cm³/mol. The van der Waals surface area contributed by atoms with Crippen LogP contribution in [-0.2, 0) is 6.54 Å². The first-order chi connectivity index (χ1) is 10.8. The van der Waals surface area contributed by atoms with Gasteiger partial charge in [-0.3, -0.25) is 9.51 Å². The fraction of sp³-hybridized carbons (Fsp3) is 0.200. The first kappa shape index (κ1) is 14.0. The third kappa shape index (κ3) is 2.88. The second-order valence-electron chi connectivity index (χ2n) is 4.47. The van der Waals surface area contributed by atoms with Gasteiger partial charge in [-0.1, -0.05) is 17.3 Å². The van der Waals surface area contributed by atoms with E-state index < -0.39 is 5.76 Å². The first-order valence-corrected chi connectivity index (χ1v) is 6.84. The van der Waals surface area contributed by atoms with Crippen molar-refractivity contribution in [2.24, 2.45) is 0 Å². The summed E-state index contributed by atoms with van der Waals surface area (Å²) in [7, 11) is 0. The number of rotatable bonds is 5. The number of hydrogen-bond acceptors (Lipinski definition) is 6. The van der Waals surface area contributed by atoms with E-state index in [4.69, 9.17) is 9.26 Å². The molecular formula is C15H14N4O3. The van der Waals surface area contributed by atoms with Gasteiger partial charge in [0.05, 0.1) is 18.8 Å². The molecule has 0 aromatic carbocycles. The summed E-state index contributed by atoms with van der Waals surface area (Å²) in [5.41, 5.74) is 1.24. The molecule has 0 aliphatic carbocycles. The molecule has 22 heavy (non-hydrogen) atoms. The molecule has 0 N–H and O–H groups in total. The van der Waals surface area contributed by atoms with Crippen LogP contribution < -0.4 is 10.5 Å². The highest BCUT2D eigenvalue weighted by atomic mass is 16.5. The van der Waals surface area contributed by atoms with Gasteiger partial charge in [0, 0.05) is 12.3 Å². The van der Waals surface area contributed by atoms with Crippen LogP contribution in [0.4, 0.5) is 0 Å². The molecule has 0 amide bonds. The largest absolute Gasteiger partial charge is 0.478 e. The molecular weight excluding hydrogens is 284 g/mol. The average Bonchev–Trinajstić information content (AvgIpc) is 2.90. The second kappa shape index (κ2) is 6.21. The molecule has 0 bridgehead atoms. The molecule has 0 saturated heterocycles. The van der Waals surface area contributed by atoms with Crippen LogP contribution in [0.2, 0.25) is 0 Å². The molecule has 7 nitrogen and oxygen atoms in total. The van der Waals surface area contributed by atoms with Crippen molar-refractivity contribution in [1.82, 2.24) is 19.7 Å². The molecule has 7 heteroatoms. The van der Waals surface area contributed by atoms with Crippen molar-refractivity contribution in [3.63, 3.8) is 0 Å². The molecule has 3 aromatic rings. The molecule has 3 aromatic heterocycles. The molecule has 0 fully saturated rings. The summed E-state index contributed by atoms with van der Waals surface area (Å²) in [6.45, 7) is 2.65. The Labute approximate surface area is 126 Å². The van der Waals surface area contributed by atoms with Gasteiger partial charge in [0.15, 0.2) is 0 Å². The van der Waals surface area contributed by atoms with Crippen molar-refractivity contribution in [2.75, 3.05) is 6.61 Å². The highest BCUT2D eigenvalue weighted by Gasteiger charge is 2.14. The van der Waals surface area contributed by atoms with Gasteiger partial charge in [-0.25, -0.2) is 14.3 Å². The Morgan fingerprint density at radius 2 is 2.14 bits per heavy atom. The highest BCUT2D eigenvalue weighted by molar-refractivity contribution is 5.48. The molecule has 112 valence electrons. The maximum Gasteiger partial charge on any atom is 0.442 e. The van der Waals surface area contributed by atoms with Gasteiger partial charge in [0.25, 0.3) is 0 Å². The Bertz CT molecular complexity index is 811. The summed E-state index contributed by atoms with van der Waals surface area (Å²) in [6, 6.07) is 10.8. The number of nitrogens with zero attached hydrogens (tertiary/aromatic N) is 4. The van der Waals surface area contributed by atoms with E-state index in [0.29, 0.717) is 29.7 Å². The lowest BCUT2D eigenvalue weighted by Gasteiger charge is -2.06.